The molecule has 2 aliphatic rings. The van der Waals surface area contributed by atoms with Gasteiger partial charge in [0.05, 0.1) is 28.3 Å². The lowest BCUT2D eigenvalue weighted by Gasteiger charge is -2.25. The molecular formula is C20H22F3N3O7S2. The van der Waals surface area contributed by atoms with Crippen LogP contribution in [0.15, 0.2) is 28.5 Å². The number of ether oxygens (including phenoxy) is 3. The standard InChI is InChI=1S/C20H22F3N3O7S2/c1-25-6-4-13(10-25)33-17-8-12(2-3-15(17)20(21,22)23)24-35(29,30)18-9-16(26(27)28)19(34-18)32-11-14-5-7-31-14/h2-3,8-9,13-14,24H,4-7,10-11H2,1H3/t13-,14?/m1/s1. The molecule has 15 heteroatoms. The van der Waals surface area contributed by atoms with Gasteiger partial charge in [-0.25, -0.2) is 8.42 Å². The Labute approximate surface area is 202 Å². The second-order valence-corrected chi connectivity index (χ2v) is 11.1. The summed E-state index contributed by atoms with van der Waals surface area (Å²) in [6, 6.07) is 3.50. The van der Waals surface area contributed by atoms with E-state index in [-0.39, 0.29) is 23.5 Å². The molecule has 2 aliphatic heterocycles. The van der Waals surface area contributed by atoms with Gasteiger partial charge in [-0.15, -0.1) is 0 Å². The molecule has 0 aliphatic carbocycles. The highest BCUT2D eigenvalue weighted by atomic mass is 32.2. The van der Waals surface area contributed by atoms with Crippen LogP contribution >= 0.6 is 11.3 Å². The van der Waals surface area contributed by atoms with Crippen LogP contribution < -0.4 is 14.2 Å². The molecule has 0 bridgehead atoms. The summed E-state index contributed by atoms with van der Waals surface area (Å²) < 4.78 is 84.2. The van der Waals surface area contributed by atoms with Crippen molar-refractivity contribution in [2.75, 3.05) is 38.1 Å². The van der Waals surface area contributed by atoms with E-state index in [4.69, 9.17) is 14.2 Å². The third-order valence-corrected chi connectivity index (χ3v) is 8.38. The van der Waals surface area contributed by atoms with Crippen LogP contribution in [0.2, 0.25) is 0 Å². The molecule has 2 fully saturated rings. The molecule has 0 amide bonds. The van der Waals surface area contributed by atoms with Crippen LogP contribution in [0.4, 0.5) is 24.5 Å². The number of halogens is 3. The molecule has 10 nitrogen and oxygen atoms in total. The number of sulfonamides is 1. The minimum atomic E-state index is -4.71. The quantitative estimate of drug-likeness (QED) is 0.380. The Morgan fingerprint density at radius 3 is 2.63 bits per heavy atom. The number of nitrogens with one attached hydrogen (secondary N) is 1. The maximum atomic E-state index is 13.5. The van der Waals surface area contributed by atoms with E-state index in [2.05, 4.69) is 4.72 Å². The van der Waals surface area contributed by atoms with E-state index in [0.29, 0.717) is 37.5 Å². The molecule has 1 unspecified atom stereocenters. The smallest absolute Gasteiger partial charge is 0.419 e. The average molecular weight is 538 g/mol. The highest BCUT2D eigenvalue weighted by molar-refractivity contribution is 7.94. The van der Waals surface area contributed by atoms with Gasteiger partial charge in [0, 0.05) is 32.2 Å². The molecule has 4 rings (SSSR count). The van der Waals surface area contributed by atoms with Gasteiger partial charge in [-0.05, 0) is 25.6 Å². The van der Waals surface area contributed by atoms with Gasteiger partial charge in [0.1, 0.15) is 18.5 Å². The summed E-state index contributed by atoms with van der Waals surface area (Å²) in [5, 5.41) is 11.2. The zero-order valence-corrected chi connectivity index (χ0v) is 20.0. The Kier molecular flexibility index (Phi) is 7.13. The topological polar surface area (TPSA) is 120 Å². The summed E-state index contributed by atoms with van der Waals surface area (Å²) >= 11 is 0.542. The first kappa shape index (κ1) is 25.5. The lowest BCUT2D eigenvalue weighted by molar-refractivity contribution is -0.385. The summed E-state index contributed by atoms with van der Waals surface area (Å²) in [5.74, 6) is -0.500. The SMILES string of the molecule is CN1CC[C@@H](Oc2cc(NS(=O)(=O)c3cc([N+](=O)[O-])c(OCC4CCO4)s3)ccc2C(F)(F)F)C1. The molecule has 1 N–H and O–H groups in total. The fraction of sp³-hybridized carbons (Fsp3) is 0.500. The van der Waals surface area contributed by atoms with Gasteiger partial charge in [0.25, 0.3) is 15.1 Å². The van der Waals surface area contributed by atoms with Crippen LogP contribution in [0.1, 0.15) is 18.4 Å². The summed E-state index contributed by atoms with van der Waals surface area (Å²) in [4.78, 5) is 12.5. The number of hydrogen-bond donors (Lipinski definition) is 1. The molecule has 0 saturated carbocycles. The number of hydrogen-bond acceptors (Lipinski definition) is 9. The van der Waals surface area contributed by atoms with Crippen molar-refractivity contribution in [3.8, 4) is 10.8 Å². The molecular weight excluding hydrogens is 515 g/mol. The third kappa shape index (κ3) is 5.97. The number of rotatable bonds is 9. The first-order valence-electron chi connectivity index (χ1n) is 10.5. The first-order chi connectivity index (χ1) is 16.4. The molecule has 35 heavy (non-hydrogen) atoms. The zero-order valence-electron chi connectivity index (χ0n) is 18.4. The molecule has 1 aromatic carbocycles. The Morgan fingerprint density at radius 1 is 1.31 bits per heavy atom. The lowest BCUT2D eigenvalue weighted by atomic mass is 10.1. The second-order valence-electron chi connectivity index (χ2n) is 8.19. The Hall–Kier alpha value is -2.62. The van der Waals surface area contributed by atoms with Crippen LogP contribution in [0, 0.1) is 10.1 Å². The number of anilines is 1. The molecule has 2 aromatic rings. The fourth-order valence-corrected chi connectivity index (χ4v) is 5.90. The molecule has 3 heterocycles. The summed E-state index contributed by atoms with van der Waals surface area (Å²) in [6.07, 6.45) is -4.16. The number of likely N-dealkylation sites (N-methyl/N-ethyl adjacent to an activating group) is 1. The van der Waals surface area contributed by atoms with Crippen molar-refractivity contribution in [2.45, 2.75) is 35.4 Å². The molecule has 2 saturated heterocycles. The van der Waals surface area contributed by atoms with E-state index >= 15 is 0 Å². The van der Waals surface area contributed by atoms with Crippen LogP contribution in [-0.2, 0) is 20.9 Å². The monoisotopic (exact) mass is 537 g/mol. The van der Waals surface area contributed by atoms with Crippen molar-refractivity contribution < 1.29 is 40.7 Å². The number of thiophene rings is 1. The molecule has 0 radical (unpaired) electrons. The largest absolute Gasteiger partial charge is 0.488 e. The Bertz CT molecular complexity index is 1200. The third-order valence-electron chi connectivity index (χ3n) is 5.49. The van der Waals surface area contributed by atoms with Crippen LogP contribution in [0.5, 0.6) is 10.8 Å². The molecule has 1 aromatic heterocycles. The maximum Gasteiger partial charge on any atom is 0.419 e. The van der Waals surface area contributed by atoms with Crippen molar-refractivity contribution >= 4 is 32.7 Å². The predicted molar refractivity (Wildman–Crippen MR) is 120 cm³/mol. The van der Waals surface area contributed by atoms with Crippen molar-refractivity contribution in [3.05, 3.63) is 39.9 Å². The predicted octanol–water partition coefficient (Wildman–Crippen LogP) is 3.73. The van der Waals surface area contributed by atoms with Gasteiger partial charge in [0.2, 0.25) is 0 Å². The van der Waals surface area contributed by atoms with E-state index < -0.39 is 48.4 Å². The second kappa shape index (κ2) is 9.79. The highest BCUT2D eigenvalue weighted by Gasteiger charge is 2.36. The Morgan fingerprint density at radius 2 is 2.06 bits per heavy atom. The van der Waals surface area contributed by atoms with Crippen molar-refractivity contribution in [1.29, 1.82) is 0 Å². The summed E-state index contributed by atoms with van der Waals surface area (Å²) in [6.45, 7) is 1.68. The van der Waals surface area contributed by atoms with E-state index in [9.17, 15) is 31.7 Å². The van der Waals surface area contributed by atoms with Crippen LogP contribution in [-0.4, -0.2) is 63.8 Å². The van der Waals surface area contributed by atoms with Crippen LogP contribution in [0.3, 0.4) is 0 Å². The number of likely N-dealkylation sites (tertiary alicyclic amines) is 1. The van der Waals surface area contributed by atoms with Gasteiger partial charge in [-0.1, -0.05) is 11.3 Å². The van der Waals surface area contributed by atoms with Crippen molar-refractivity contribution in [1.82, 2.24) is 4.90 Å². The van der Waals surface area contributed by atoms with E-state index in [1.807, 2.05) is 11.9 Å². The zero-order chi connectivity index (χ0) is 25.4. The van der Waals surface area contributed by atoms with Gasteiger partial charge >= 0.3 is 11.9 Å². The summed E-state index contributed by atoms with van der Waals surface area (Å²) in [7, 11) is -2.56. The van der Waals surface area contributed by atoms with Crippen molar-refractivity contribution in [2.24, 2.45) is 0 Å². The normalized spacial score (nSPS) is 20.9. The summed E-state index contributed by atoms with van der Waals surface area (Å²) in [5.41, 5.74) is -1.74. The van der Waals surface area contributed by atoms with E-state index in [1.54, 1.807) is 0 Å². The van der Waals surface area contributed by atoms with E-state index in [0.717, 1.165) is 30.7 Å². The van der Waals surface area contributed by atoms with Crippen molar-refractivity contribution in [3.63, 3.8) is 0 Å². The van der Waals surface area contributed by atoms with Crippen LogP contribution in [0.25, 0.3) is 0 Å². The minimum absolute atomic E-state index is 0.0320. The van der Waals surface area contributed by atoms with Gasteiger partial charge in [0.15, 0.2) is 4.21 Å². The number of nitrogens with zero attached hydrogens (tertiary/aromatic N) is 2. The number of nitro groups is 1. The lowest BCUT2D eigenvalue weighted by Crippen LogP contribution is -2.32. The minimum Gasteiger partial charge on any atom is -0.488 e. The number of alkyl halides is 3. The Balaban J connectivity index is 1.57. The maximum absolute atomic E-state index is 13.5. The first-order valence-corrected chi connectivity index (χ1v) is 12.8. The van der Waals surface area contributed by atoms with Gasteiger partial charge < -0.3 is 19.1 Å². The molecule has 192 valence electrons. The molecule has 2 atom stereocenters. The number of benzene rings is 1. The van der Waals surface area contributed by atoms with E-state index in [1.165, 1.54) is 0 Å². The highest BCUT2D eigenvalue weighted by Crippen LogP contribution is 2.42. The van der Waals surface area contributed by atoms with Gasteiger partial charge in [-0.2, -0.15) is 13.2 Å². The molecule has 0 spiro atoms. The fourth-order valence-electron chi connectivity index (χ4n) is 3.58. The average Bonchev–Trinajstić information content (AvgIpc) is 3.32. The van der Waals surface area contributed by atoms with Gasteiger partial charge in [-0.3, -0.25) is 14.8 Å².